The van der Waals surface area contributed by atoms with E-state index >= 15 is 0 Å². The van der Waals surface area contributed by atoms with Gasteiger partial charge in [-0.05, 0) is 36.8 Å². The maximum atomic E-state index is 5.71. The van der Waals surface area contributed by atoms with Crippen LogP contribution >= 0.6 is 0 Å². The zero-order valence-corrected chi connectivity index (χ0v) is 10.5. The Morgan fingerprint density at radius 1 is 1.21 bits per heavy atom. The molecule has 5 nitrogen and oxygen atoms in total. The highest BCUT2D eigenvalue weighted by atomic mass is 16.4. The van der Waals surface area contributed by atoms with Crippen LogP contribution in [-0.4, -0.2) is 9.97 Å². The summed E-state index contributed by atoms with van der Waals surface area (Å²) in [7, 11) is 0. The molecule has 0 fully saturated rings. The van der Waals surface area contributed by atoms with Crippen molar-refractivity contribution in [2.75, 3.05) is 11.1 Å². The Balaban J connectivity index is 1.85. The molecule has 1 aromatic carbocycles. The lowest BCUT2D eigenvalue weighted by Crippen LogP contribution is -2.06. The van der Waals surface area contributed by atoms with Gasteiger partial charge in [0.15, 0.2) is 5.58 Å². The molecular weight excluding hydrogens is 240 g/mol. The van der Waals surface area contributed by atoms with Gasteiger partial charge in [-0.25, -0.2) is 0 Å². The normalized spacial score (nSPS) is 12.5. The van der Waals surface area contributed by atoms with Crippen LogP contribution in [0.25, 0.3) is 11.1 Å². The fraction of sp³-hybridized carbons (Fsp3) is 0.143. The minimum absolute atomic E-state index is 0.0911. The van der Waals surface area contributed by atoms with Gasteiger partial charge in [0, 0.05) is 24.1 Å². The van der Waals surface area contributed by atoms with E-state index in [2.05, 4.69) is 15.3 Å². The number of nitrogens with two attached hydrogens (primary N) is 1. The van der Waals surface area contributed by atoms with E-state index in [0.717, 1.165) is 11.1 Å². The molecule has 0 amide bonds. The zero-order chi connectivity index (χ0) is 13.2. The van der Waals surface area contributed by atoms with E-state index in [9.17, 15) is 0 Å². The molecule has 3 aromatic rings. The zero-order valence-electron chi connectivity index (χ0n) is 10.5. The van der Waals surface area contributed by atoms with Gasteiger partial charge in [0.2, 0.25) is 0 Å². The average molecular weight is 254 g/mol. The van der Waals surface area contributed by atoms with Gasteiger partial charge in [0.05, 0.1) is 6.04 Å². The van der Waals surface area contributed by atoms with E-state index in [1.165, 1.54) is 0 Å². The molecule has 1 atom stereocenters. The van der Waals surface area contributed by atoms with Gasteiger partial charge in [0.1, 0.15) is 5.52 Å². The number of aromatic nitrogens is 2. The number of hydrogen-bond acceptors (Lipinski definition) is 5. The van der Waals surface area contributed by atoms with Gasteiger partial charge in [-0.15, -0.1) is 0 Å². The number of oxazole rings is 1. The lowest BCUT2D eigenvalue weighted by Gasteiger charge is -2.11. The molecule has 2 heterocycles. The number of pyridine rings is 1. The number of hydrogen-bond donors (Lipinski definition) is 2. The Morgan fingerprint density at radius 2 is 2.00 bits per heavy atom. The van der Waals surface area contributed by atoms with Crippen molar-refractivity contribution in [1.29, 1.82) is 0 Å². The standard InChI is InChI=1S/C14H14N4O/c1-9(10-4-6-16-7-5-10)17-14-18-12-3-2-11(15)8-13(12)19-14/h2-9H,15H2,1H3,(H,17,18). The highest BCUT2D eigenvalue weighted by Gasteiger charge is 2.10. The molecule has 1 unspecified atom stereocenters. The SMILES string of the molecule is CC(Nc1nc2ccc(N)cc2o1)c1ccncc1. The molecule has 0 saturated heterocycles. The van der Waals surface area contributed by atoms with Crippen molar-refractivity contribution in [3.05, 3.63) is 48.3 Å². The smallest absolute Gasteiger partial charge is 0.296 e. The largest absolute Gasteiger partial charge is 0.423 e. The second-order valence-corrected chi connectivity index (χ2v) is 4.39. The van der Waals surface area contributed by atoms with Gasteiger partial charge in [-0.2, -0.15) is 4.98 Å². The second-order valence-electron chi connectivity index (χ2n) is 4.39. The van der Waals surface area contributed by atoms with Crippen LogP contribution < -0.4 is 11.1 Å². The lowest BCUT2D eigenvalue weighted by atomic mass is 10.1. The first-order valence-electron chi connectivity index (χ1n) is 6.05. The van der Waals surface area contributed by atoms with Crippen molar-refractivity contribution in [2.45, 2.75) is 13.0 Å². The van der Waals surface area contributed by atoms with E-state index in [1.54, 1.807) is 24.5 Å². The third kappa shape index (κ3) is 2.35. The molecule has 96 valence electrons. The average Bonchev–Trinajstić information content (AvgIpc) is 2.81. The fourth-order valence-electron chi connectivity index (χ4n) is 1.92. The van der Waals surface area contributed by atoms with Crippen molar-refractivity contribution in [3.8, 4) is 0 Å². The summed E-state index contributed by atoms with van der Waals surface area (Å²) >= 11 is 0. The van der Waals surface area contributed by atoms with Crippen LogP contribution in [0.4, 0.5) is 11.7 Å². The minimum atomic E-state index is 0.0911. The molecule has 5 heteroatoms. The van der Waals surface area contributed by atoms with Crippen molar-refractivity contribution < 1.29 is 4.42 Å². The highest BCUT2D eigenvalue weighted by molar-refractivity contribution is 5.78. The minimum Gasteiger partial charge on any atom is -0.423 e. The van der Waals surface area contributed by atoms with Crippen LogP contribution in [0, 0.1) is 0 Å². The molecule has 0 aliphatic heterocycles. The topological polar surface area (TPSA) is 77.0 Å². The number of anilines is 2. The molecule has 0 saturated carbocycles. The number of benzene rings is 1. The van der Waals surface area contributed by atoms with Crippen molar-refractivity contribution in [2.24, 2.45) is 0 Å². The summed E-state index contributed by atoms with van der Waals surface area (Å²) in [5.41, 5.74) is 8.97. The molecule has 0 spiro atoms. The van der Waals surface area contributed by atoms with Crippen LogP contribution in [0.15, 0.2) is 47.1 Å². The van der Waals surface area contributed by atoms with Crippen LogP contribution in [0.3, 0.4) is 0 Å². The number of nitrogen functional groups attached to an aromatic ring is 1. The van der Waals surface area contributed by atoms with Crippen LogP contribution in [0.1, 0.15) is 18.5 Å². The summed E-state index contributed by atoms with van der Waals surface area (Å²) in [6.07, 6.45) is 3.53. The van der Waals surface area contributed by atoms with E-state index in [0.29, 0.717) is 17.3 Å². The Morgan fingerprint density at radius 3 is 2.79 bits per heavy atom. The molecule has 0 aliphatic carbocycles. The number of nitrogens with one attached hydrogen (secondary N) is 1. The van der Waals surface area contributed by atoms with Crippen LogP contribution in [0.5, 0.6) is 0 Å². The molecule has 19 heavy (non-hydrogen) atoms. The van der Waals surface area contributed by atoms with Crippen molar-refractivity contribution >= 4 is 22.8 Å². The fourth-order valence-corrected chi connectivity index (χ4v) is 1.92. The molecule has 3 N–H and O–H groups in total. The predicted molar refractivity (Wildman–Crippen MR) is 74.7 cm³/mol. The highest BCUT2D eigenvalue weighted by Crippen LogP contribution is 2.24. The van der Waals surface area contributed by atoms with Gasteiger partial charge in [-0.1, -0.05) is 0 Å². The Hall–Kier alpha value is -2.56. The molecule has 0 radical (unpaired) electrons. The summed E-state index contributed by atoms with van der Waals surface area (Å²) in [6.45, 7) is 2.04. The van der Waals surface area contributed by atoms with Crippen molar-refractivity contribution in [3.63, 3.8) is 0 Å². The summed E-state index contributed by atoms with van der Waals surface area (Å²) < 4.78 is 5.62. The molecular formula is C14H14N4O. The first-order chi connectivity index (χ1) is 9.22. The van der Waals surface area contributed by atoms with Crippen LogP contribution in [-0.2, 0) is 0 Å². The summed E-state index contributed by atoms with van der Waals surface area (Å²) in [6, 6.07) is 9.91. The number of rotatable bonds is 3. The third-order valence-electron chi connectivity index (χ3n) is 2.96. The maximum absolute atomic E-state index is 5.71. The number of nitrogens with zero attached hydrogens (tertiary/aromatic N) is 2. The first-order valence-corrected chi connectivity index (χ1v) is 6.05. The Kier molecular flexibility index (Phi) is 2.79. The Bertz CT molecular complexity index is 693. The monoisotopic (exact) mass is 254 g/mol. The van der Waals surface area contributed by atoms with E-state index in [4.69, 9.17) is 10.2 Å². The van der Waals surface area contributed by atoms with Crippen LogP contribution in [0.2, 0.25) is 0 Å². The van der Waals surface area contributed by atoms with Gasteiger partial charge in [-0.3, -0.25) is 4.98 Å². The van der Waals surface area contributed by atoms with E-state index < -0.39 is 0 Å². The predicted octanol–water partition coefficient (Wildman–Crippen LogP) is 2.98. The third-order valence-corrected chi connectivity index (χ3v) is 2.96. The Labute approximate surface area is 110 Å². The number of fused-ring (bicyclic) bond motifs is 1. The molecule has 0 bridgehead atoms. The lowest BCUT2D eigenvalue weighted by molar-refractivity contribution is 0.604. The van der Waals surface area contributed by atoms with E-state index in [-0.39, 0.29) is 6.04 Å². The molecule has 3 rings (SSSR count). The van der Waals surface area contributed by atoms with E-state index in [1.807, 2.05) is 25.1 Å². The second kappa shape index (κ2) is 4.61. The summed E-state index contributed by atoms with van der Waals surface area (Å²) in [5, 5.41) is 3.22. The summed E-state index contributed by atoms with van der Waals surface area (Å²) in [4.78, 5) is 8.37. The van der Waals surface area contributed by atoms with Gasteiger partial charge < -0.3 is 15.5 Å². The molecule has 0 aliphatic rings. The first kappa shape index (κ1) is 11.5. The van der Waals surface area contributed by atoms with Gasteiger partial charge in [0.25, 0.3) is 6.01 Å². The maximum Gasteiger partial charge on any atom is 0.296 e. The van der Waals surface area contributed by atoms with Gasteiger partial charge >= 0.3 is 0 Å². The quantitative estimate of drug-likeness (QED) is 0.702. The molecule has 2 aromatic heterocycles. The van der Waals surface area contributed by atoms with Crippen molar-refractivity contribution in [1.82, 2.24) is 9.97 Å². The summed E-state index contributed by atoms with van der Waals surface area (Å²) in [5.74, 6) is 0.